The van der Waals surface area contributed by atoms with Gasteiger partial charge in [0.15, 0.2) is 0 Å². The molecule has 2 aliphatic heterocycles. The monoisotopic (exact) mass is 344 g/mol. The number of piperidine rings is 1. The van der Waals surface area contributed by atoms with Crippen molar-refractivity contribution in [2.75, 3.05) is 13.1 Å². The Morgan fingerprint density at radius 3 is 2.65 bits per heavy atom. The van der Waals surface area contributed by atoms with Gasteiger partial charge in [-0.1, -0.05) is 55.5 Å². The average molecular weight is 345 g/mol. The molecule has 0 saturated carbocycles. The zero-order valence-corrected chi connectivity index (χ0v) is 15.9. The third-order valence-electron chi connectivity index (χ3n) is 6.76. The molecule has 2 atom stereocenters. The first-order chi connectivity index (χ1) is 12.7. The smallest absolute Gasteiger partial charge is 0.0588 e. The topological polar surface area (TPSA) is 8.17 Å². The maximum Gasteiger partial charge on any atom is 0.0588 e. The van der Waals surface area contributed by atoms with Gasteiger partial charge in [-0.25, -0.2) is 0 Å². The fourth-order valence-corrected chi connectivity index (χ4v) is 5.38. The van der Waals surface area contributed by atoms with Gasteiger partial charge in [0.2, 0.25) is 0 Å². The highest BCUT2D eigenvalue weighted by Gasteiger charge is 2.44. The summed E-state index contributed by atoms with van der Waals surface area (Å²) in [7, 11) is 0. The molecule has 3 aromatic rings. The zero-order valence-electron chi connectivity index (χ0n) is 15.9. The molecule has 2 nitrogen and oxygen atoms in total. The fraction of sp³-hybridized carbons (Fsp3) is 0.417. The third-order valence-corrected chi connectivity index (χ3v) is 6.76. The Morgan fingerprint density at radius 2 is 1.81 bits per heavy atom. The van der Waals surface area contributed by atoms with E-state index in [2.05, 4.69) is 77.9 Å². The summed E-state index contributed by atoms with van der Waals surface area (Å²) in [6.45, 7) is 8.32. The minimum Gasteiger partial charge on any atom is -0.338 e. The van der Waals surface area contributed by atoms with E-state index in [1.807, 2.05) is 0 Å². The van der Waals surface area contributed by atoms with Gasteiger partial charge in [0.25, 0.3) is 0 Å². The highest BCUT2D eigenvalue weighted by Crippen LogP contribution is 2.46. The summed E-state index contributed by atoms with van der Waals surface area (Å²) in [5.41, 5.74) is 6.16. The van der Waals surface area contributed by atoms with Gasteiger partial charge >= 0.3 is 0 Å². The van der Waals surface area contributed by atoms with Gasteiger partial charge in [0, 0.05) is 36.2 Å². The molecular weight excluding hydrogens is 316 g/mol. The molecular formula is C24H28N2. The third kappa shape index (κ3) is 2.35. The number of para-hydroxylation sites is 1. The predicted octanol–water partition coefficient (Wildman–Crippen LogP) is 5.19. The van der Waals surface area contributed by atoms with Crippen LogP contribution in [0.3, 0.4) is 0 Å². The Balaban J connectivity index is 1.72. The van der Waals surface area contributed by atoms with Crippen molar-refractivity contribution in [1.29, 1.82) is 0 Å². The van der Waals surface area contributed by atoms with Crippen LogP contribution in [0.2, 0.25) is 0 Å². The lowest BCUT2D eigenvalue weighted by molar-refractivity contribution is 0.0195. The first-order valence-corrected chi connectivity index (χ1v) is 10.1. The van der Waals surface area contributed by atoms with E-state index in [1.54, 1.807) is 11.3 Å². The zero-order chi connectivity index (χ0) is 17.7. The lowest BCUT2D eigenvalue weighted by Gasteiger charge is -2.50. The summed E-state index contributed by atoms with van der Waals surface area (Å²) in [6, 6.07) is 20.0. The summed E-state index contributed by atoms with van der Waals surface area (Å²) < 4.78 is 2.63. The highest BCUT2D eigenvalue weighted by atomic mass is 15.2. The second kappa shape index (κ2) is 5.99. The van der Waals surface area contributed by atoms with Crippen molar-refractivity contribution >= 4 is 10.9 Å². The number of hydrogen-bond acceptors (Lipinski definition) is 1. The molecule has 0 unspecified atom stereocenters. The van der Waals surface area contributed by atoms with Crippen LogP contribution in [0.1, 0.15) is 43.5 Å². The van der Waals surface area contributed by atoms with Crippen molar-refractivity contribution < 1.29 is 0 Å². The van der Waals surface area contributed by atoms with E-state index in [1.165, 1.54) is 48.8 Å². The number of benzene rings is 2. The number of aromatic nitrogens is 1. The van der Waals surface area contributed by atoms with Crippen LogP contribution in [0.25, 0.3) is 10.9 Å². The lowest BCUT2D eigenvalue weighted by atomic mass is 9.77. The second-order valence-electron chi connectivity index (χ2n) is 8.53. The largest absolute Gasteiger partial charge is 0.338 e. The molecule has 134 valence electrons. The fourth-order valence-electron chi connectivity index (χ4n) is 5.38. The lowest BCUT2D eigenvalue weighted by Crippen LogP contribution is -2.54. The second-order valence-corrected chi connectivity index (χ2v) is 8.53. The van der Waals surface area contributed by atoms with Crippen LogP contribution in [0, 0.1) is 5.92 Å². The van der Waals surface area contributed by atoms with Crippen molar-refractivity contribution in [3.8, 4) is 0 Å². The van der Waals surface area contributed by atoms with Gasteiger partial charge in [0.05, 0.1) is 5.54 Å². The van der Waals surface area contributed by atoms with E-state index in [4.69, 9.17) is 0 Å². The summed E-state index contributed by atoms with van der Waals surface area (Å²) in [6.07, 6.45) is 3.78. The minimum absolute atomic E-state index is 0.174. The molecule has 2 aromatic carbocycles. The number of nitrogens with zero attached hydrogens (tertiary/aromatic N) is 2. The Bertz CT molecular complexity index is 940. The van der Waals surface area contributed by atoms with Gasteiger partial charge in [-0.2, -0.15) is 0 Å². The van der Waals surface area contributed by atoms with Crippen LogP contribution < -0.4 is 0 Å². The van der Waals surface area contributed by atoms with E-state index >= 15 is 0 Å². The molecule has 2 aliphatic rings. The summed E-state index contributed by atoms with van der Waals surface area (Å²) >= 11 is 0. The predicted molar refractivity (Wildman–Crippen MR) is 109 cm³/mol. The minimum atomic E-state index is 0.174. The molecule has 26 heavy (non-hydrogen) atoms. The van der Waals surface area contributed by atoms with Crippen LogP contribution in [-0.4, -0.2) is 22.6 Å². The summed E-state index contributed by atoms with van der Waals surface area (Å²) in [5, 5.41) is 1.47. The number of fused-ring (bicyclic) bond motifs is 5. The Kier molecular flexibility index (Phi) is 3.72. The molecule has 2 heteroatoms. The highest BCUT2D eigenvalue weighted by molar-refractivity contribution is 5.86. The van der Waals surface area contributed by atoms with Crippen molar-refractivity contribution in [3.63, 3.8) is 0 Å². The molecule has 1 saturated heterocycles. The van der Waals surface area contributed by atoms with Gasteiger partial charge < -0.3 is 4.57 Å². The standard InChI is InChI=1S/C24H28N2/c1-18-12-14-24(2)23-21(13-15-25(24)16-18)20-10-6-7-11-22(20)26(23)17-19-8-4-3-5-9-19/h3-11,18H,12-17H2,1-2H3/t18-,24+/m1/s1. The van der Waals surface area contributed by atoms with Crippen molar-refractivity contribution in [2.24, 2.45) is 5.92 Å². The van der Waals surface area contributed by atoms with E-state index < -0.39 is 0 Å². The van der Waals surface area contributed by atoms with Gasteiger partial charge in [-0.15, -0.1) is 0 Å². The Hall–Kier alpha value is -2.06. The van der Waals surface area contributed by atoms with Crippen LogP contribution in [0.5, 0.6) is 0 Å². The van der Waals surface area contributed by atoms with Crippen LogP contribution in [0.15, 0.2) is 54.6 Å². The van der Waals surface area contributed by atoms with E-state index in [0.29, 0.717) is 0 Å². The van der Waals surface area contributed by atoms with Gasteiger partial charge in [0.1, 0.15) is 0 Å². The molecule has 0 amide bonds. The van der Waals surface area contributed by atoms with Crippen LogP contribution in [0.4, 0.5) is 0 Å². The van der Waals surface area contributed by atoms with Gasteiger partial charge in [-0.05, 0) is 49.3 Å². The van der Waals surface area contributed by atoms with E-state index in [-0.39, 0.29) is 5.54 Å². The molecule has 0 radical (unpaired) electrons. The van der Waals surface area contributed by atoms with E-state index in [0.717, 1.165) is 12.5 Å². The van der Waals surface area contributed by atoms with Crippen molar-refractivity contribution in [3.05, 3.63) is 71.4 Å². The van der Waals surface area contributed by atoms with Gasteiger partial charge in [-0.3, -0.25) is 4.90 Å². The summed E-state index contributed by atoms with van der Waals surface area (Å²) in [4.78, 5) is 2.77. The molecule has 3 heterocycles. The SMILES string of the molecule is C[C@@H]1CC[C@@]2(C)c3c(c4ccccc4n3Cc3ccccc3)CCN2C1. The molecule has 0 bridgehead atoms. The number of rotatable bonds is 2. The maximum atomic E-state index is 2.77. The van der Waals surface area contributed by atoms with Crippen molar-refractivity contribution in [2.45, 2.75) is 45.2 Å². The number of hydrogen-bond donors (Lipinski definition) is 0. The average Bonchev–Trinajstić information content (AvgIpc) is 2.98. The molecule has 1 aromatic heterocycles. The molecule has 5 rings (SSSR count). The first kappa shape index (κ1) is 16.1. The Morgan fingerprint density at radius 1 is 1.04 bits per heavy atom. The summed E-state index contributed by atoms with van der Waals surface area (Å²) in [5.74, 6) is 0.816. The molecule has 0 N–H and O–H groups in total. The first-order valence-electron chi connectivity index (χ1n) is 10.1. The quantitative estimate of drug-likeness (QED) is 0.621. The van der Waals surface area contributed by atoms with Crippen LogP contribution >= 0.6 is 0 Å². The Labute approximate surface area is 156 Å². The normalized spacial score (nSPS) is 25.8. The van der Waals surface area contributed by atoms with Crippen molar-refractivity contribution in [1.82, 2.24) is 9.47 Å². The molecule has 0 aliphatic carbocycles. The van der Waals surface area contributed by atoms with E-state index in [9.17, 15) is 0 Å². The van der Waals surface area contributed by atoms with Crippen LogP contribution in [-0.2, 0) is 18.5 Å². The molecule has 0 spiro atoms. The molecule has 1 fully saturated rings. The maximum absolute atomic E-state index is 2.77.